The Labute approximate surface area is 124 Å². The lowest BCUT2D eigenvalue weighted by atomic mass is 9.86. The fourth-order valence-corrected chi connectivity index (χ4v) is 2.26. The molecule has 112 valence electrons. The van der Waals surface area contributed by atoms with Gasteiger partial charge in [0, 0.05) is 6.04 Å². The molecule has 0 heterocycles. The zero-order chi connectivity index (χ0) is 15.6. The van der Waals surface area contributed by atoms with Crippen LogP contribution in [0.2, 0.25) is 0 Å². The van der Waals surface area contributed by atoms with Crippen LogP contribution in [0.5, 0.6) is 0 Å². The van der Waals surface area contributed by atoms with E-state index in [1.165, 1.54) is 17.7 Å². The molecule has 0 spiro atoms. The minimum atomic E-state index is -0.856. The molecule has 2 aromatic rings. The van der Waals surface area contributed by atoms with E-state index in [0.717, 1.165) is 11.6 Å². The van der Waals surface area contributed by atoms with Crippen molar-refractivity contribution in [1.82, 2.24) is 0 Å². The number of nitrogens with two attached hydrogens (primary N) is 1. The van der Waals surface area contributed by atoms with Gasteiger partial charge in [0.1, 0.15) is 0 Å². The minimum absolute atomic E-state index is 0.112. The van der Waals surface area contributed by atoms with Gasteiger partial charge in [-0.3, -0.25) is 0 Å². The van der Waals surface area contributed by atoms with Crippen molar-refractivity contribution in [2.75, 3.05) is 0 Å². The van der Waals surface area contributed by atoms with E-state index in [9.17, 15) is 8.78 Å². The average molecular weight is 289 g/mol. The summed E-state index contributed by atoms with van der Waals surface area (Å²) in [5, 5.41) is 0. The van der Waals surface area contributed by atoms with E-state index in [-0.39, 0.29) is 11.5 Å². The number of halogens is 2. The van der Waals surface area contributed by atoms with Gasteiger partial charge in [-0.05, 0) is 40.7 Å². The molecule has 0 aliphatic carbocycles. The quantitative estimate of drug-likeness (QED) is 0.884. The Morgan fingerprint density at radius 2 is 1.57 bits per heavy atom. The molecular formula is C18H21F2N. The smallest absolute Gasteiger partial charge is 0.159 e. The van der Waals surface area contributed by atoms with Crippen molar-refractivity contribution in [3.63, 3.8) is 0 Å². The third-order valence-corrected chi connectivity index (χ3v) is 3.65. The van der Waals surface area contributed by atoms with Gasteiger partial charge in [0.15, 0.2) is 11.6 Å². The summed E-state index contributed by atoms with van der Waals surface area (Å²) in [6.07, 6.45) is 0.593. The fourth-order valence-electron chi connectivity index (χ4n) is 2.26. The number of rotatable bonds is 3. The molecule has 0 fully saturated rings. The molecule has 2 aromatic carbocycles. The molecule has 0 aliphatic heterocycles. The number of benzene rings is 2. The van der Waals surface area contributed by atoms with Crippen molar-refractivity contribution in [2.45, 2.75) is 38.6 Å². The molecule has 0 saturated heterocycles. The van der Waals surface area contributed by atoms with Crippen molar-refractivity contribution in [1.29, 1.82) is 0 Å². The van der Waals surface area contributed by atoms with Crippen LogP contribution in [-0.2, 0) is 11.8 Å². The van der Waals surface area contributed by atoms with Crippen LogP contribution in [0.1, 0.15) is 43.5 Å². The maximum Gasteiger partial charge on any atom is 0.159 e. The second kappa shape index (κ2) is 5.94. The van der Waals surface area contributed by atoms with Crippen LogP contribution >= 0.6 is 0 Å². The van der Waals surface area contributed by atoms with Gasteiger partial charge in [-0.15, -0.1) is 0 Å². The van der Waals surface area contributed by atoms with Gasteiger partial charge < -0.3 is 5.73 Å². The van der Waals surface area contributed by atoms with Crippen LogP contribution in [0.25, 0.3) is 0 Å². The zero-order valence-corrected chi connectivity index (χ0v) is 12.7. The Kier molecular flexibility index (Phi) is 4.43. The van der Waals surface area contributed by atoms with Gasteiger partial charge in [0.2, 0.25) is 0 Å². The van der Waals surface area contributed by atoms with Gasteiger partial charge >= 0.3 is 0 Å². The van der Waals surface area contributed by atoms with Crippen LogP contribution < -0.4 is 5.73 Å². The van der Waals surface area contributed by atoms with Crippen molar-refractivity contribution in [3.05, 3.63) is 70.8 Å². The first-order chi connectivity index (χ1) is 9.77. The van der Waals surface area contributed by atoms with E-state index in [2.05, 4.69) is 32.9 Å². The molecular weight excluding hydrogens is 268 g/mol. The molecule has 0 bridgehead atoms. The Morgan fingerprint density at radius 1 is 0.952 bits per heavy atom. The third kappa shape index (κ3) is 3.88. The molecule has 1 nitrogen and oxygen atoms in total. The summed E-state index contributed by atoms with van der Waals surface area (Å²) in [5.74, 6) is -1.70. The maximum absolute atomic E-state index is 13.2. The summed E-state index contributed by atoms with van der Waals surface area (Å²) in [6.45, 7) is 6.49. The predicted octanol–water partition coefficient (Wildman–Crippen LogP) is 4.50. The first-order valence-corrected chi connectivity index (χ1v) is 7.07. The van der Waals surface area contributed by atoms with E-state index in [4.69, 9.17) is 5.73 Å². The van der Waals surface area contributed by atoms with Crippen molar-refractivity contribution in [2.24, 2.45) is 5.73 Å². The highest BCUT2D eigenvalue weighted by Gasteiger charge is 2.14. The van der Waals surface area contributed by atoms with E-state index in [0.29, 0.717) is 12.0 Å². The summed E-state index contributed by atoms with van der Waals surface area (Å²) >= 11 is 0. The molecule has 0 aliphatic rings. The van der Waals surface area contributed by atoms with Gasteiger partial charge in [-0.1, -0.05) is 51.1 Å². The minimum Gasteiger partial charge on any atom is -0.324 e. The second-order valence-electron chi connectivity index (χ2n) is 6.43. The highest BCUT2D eigenvalue weighted by Crippen LogP contribution is 2.24. The van der Waals surface area contributed by atoms with Gasteiger partial charge in [-0.2, -0.15) is 0 Å². The second-order valence-corrected chi connectivity index (χ2v) is 6.43. The van der Waals surface area contributed by atoms with E-state index >= 15 is 0 Å². The lowest BCUT2D eigenvalue weighted by Crippen LogP contribution is -2.14. The first-order valence-electron chi connectivity index (χ1n) is 7.07. The third-order valence-electron chi connectivity index (χ3n) is 3.65. The van der Waals surface area contributed by atoms with Crippen LogP contribution in [0.4, 0.5) is 8.78 Å². The summed E-state index contributed by atoms with van der Waals surface area (Å²) in [4.78, 5) is 0. The molecule has 2 N–H and O–H groups in total. The molecule has 0 saturated carbocycles. The molecule has 1 atom stereocenters. The Morgan fingerprint density at radius 3 is 2.10 bits per heavy atom. The van der Waals surface area contributed by atoms with Gasteiger partial charge in [-0.25, -0.2) is 8.78 Å². The van der Waals surface area contributed by atoms with Crippen molar-refractivity contribution < 1.29 is 8.78 Å². The number of hydrogen-bond donors (Lipinski definition) is 1. The van der Waals surface area contributed by atoms with Gasteiger partial charge in [0.25, 0.3) is 0 Å². The molecule has 2 rings (SSSR count). The molecule has 0 amide bonds. The maximum atomic E-state index is 13.2. The van der Waals surface area contributed by atoms with Crippen molar-refractivity contribution in [3.8, 4) is 0 Å². The normalized spacial score (nSPS) is 13.2. The Bertz CT molecular complexity index is 612. The lowest BCUT2D eigenvalue weighted by Gasteiger charge is -2.19. The Hall–Kier alpha value is -1.74. The summed E-state index contributed by atoms with van der Waals surface area (Å²) in [6, 6.07) is 11.7. The topological polar surface area (TPSA) is 26.0 Å². The standard InChI is InChI=1S/C18H21F2N/c1-18(2,3)14-7-4-12(5-8-14)10-17(21)13-6-9-15(19)16(20)11-13/h4-9,11,17H,10,21H2,1-3H3. The van der Waals surface area contributed by atoms with E-state index in [1.54, 1.807) is 0 Å². The zero-order valence-electron chi connectivity index (χ0n) is 12.7. The lowest BCUT2D eigenvalue weighted by molar-refractivity contribution is 0.505. The molecule has 1 unspecified atom stereocenters. The summed E-state index contributed by atoms with van der Waals surface area (Å²) in [5.41, 5.74) is 9.14. The van der Waals surface area contributed by atoms with Gasteiger partial charge in [0.05, 0.1) is 0 Å². The predicted molar refractivity (Wildman–Crippen MR) is 82.1 cm³/mol. The summed E-state index contributed by atoms with van der Waals surface area (Å²) in [7, 11) is 0. The molecule has 0 radical (unpaired) electrons. The van der Waals surface area contributed by atoms with Crippen LogP contribution in [0.3, 0.4) is 0 Å². The summed E-state index contributed by atoms with van der Waals surface area (Å²) < 4.78 is 26.2. The number of hydrogen-bond acceptors (Lipinski definition) is 1. The highest BCUT2D eigenvalue weighted by atomic mass is 19.2. The van der Waals surface area contributed by atoms with E-state index in [1.807, 2.05) is 12.1 Å². The Balaban J connectivity index is 2.12. The SMILES string of the molecule is CC(C)(C)c1ccc(CC(N)c2ccc(F)c(F)c2)cc1. The monoisotopic (exact) mass is 289 g/mol. The highest BCUT2D eigenvalue weighted by molar-refractivity contribution is 5.29. The molecule has 3 heteroatoms. The van der Waals surface area contributed by atoms with E-state index < -0.39 is 11.6 Å². The first kappa shape index (κ1) is 15.6. The van der Waals surface area contributed by atoms with Crippen molar-refractivity contribution >= 4 is 0 Å². The molecule has 0 aromatic heterocycles. The van der Waals surface area contributed by atoms with Crippen LogP contribution in [0.15, 0.2) is 42.5 Å². The largest absolute Gasteiger partial charge is 0.324 e. The van der Waals surface area contributed by atoms with Crippen LogP contribution in [0, 0.1) is 11.6 Å². The fraction of sp³-hybridized carbons (Fsp3) is 0.333. The van der Waals surface area contributed by atoms with Crippen LogP contribution in [-0.4, -0.2) is 0 Å². The average Bonchev–Trinajstić information content (AvgIpc) is 2.41. The molecule has 21 heavy (non-hydrogen) atoms.